The monoisotopic (exact) mass is 187 g/mol. The summed E-state index contributed by atoms with van der Waals surface area (Å²) >= 11 is 0. The summed E-state index contributed by atoms with van der Waals surface area (Å²) in [5.74, 6) is -0.265. The van der Waals surface area contributed by atoms with E-state index in [0.29, 0.717) is 32.4 Å². The van der Waals surface area contributed by atoms with Gasteiger partial charge in [0.2, 0.25) is 0 Å². The molecule has 4 heteroatoms. The number of hydrogen-bond acceptors (Lipinski definition) is 3. The Hall–Kier alpha value is -0.640. The lowest BCUT2D eigenvalue weighted by molar-refractivity contribution is -0.153. The van der Waals surface area contributed by atoms with Gasteiger partial charge in [-0.1, -0.05) is 0 Å². The highest BCUT2D eigenvalue weighted by Crippen LogP contribution is 2.48. The van der Waals surface area contributed by atoms with E-state index >= 15 is 0 Å². The van der Waals surface area contributed by atoms with Gasteiger partial charge in [-0.05, 0) is 19.3 Å². The van der Waals surface area contributed by atoms with E-state index in [2.05, 4.69) is 5.32 Å². The van der Waals surface area contributed by atoms with Crippen molar-refractivity contribution in [3.63, 3.8) is 0 Å². The summed E-state index contributed by atoms with van der Waals surface area (Å²) < 4.78 is 18.5. The van der Waals surface area contributed by atoms with Gasteiger partial charge < -0.3 is 10.1 Å². The minimum absolute atomic E-state index is 0.265. The van der Waals surface area contributed by atoms with E-state index in [4.69, 9.17) is 4.74 Å². The highest BCUT2D eigenvalue weighted by molar-refractivity contribution is 5.78. The number of carbonyl (C=O) groups is 1. The number of halogens is 1. The van der Waals surface area contributed by atoms with E-state index in [1.54, 1.807) is 0 Å². The summed E-state index contributed by atoms with van der Waals surface area (Å²) in [6.45, 7) is 0.942. The smallest absolute Gasteiger partial charge is 0.313 e. The fraction of sp³-hybridized carbons (Fsp3) is 0.889. The van der Waals surface area contributed by atoms with Crippen molar-refractivity contribution in [1.82, 2.24) is 5.32 Å². The lowest BCUT2D eigenvalue weighted by Gasteiger charge is -2.33. The van der Waals surface area contributed by atoms with Crippen molar-refractivity contribution in [2.45, 2.75) is 24.9 Å². The van der Waals surface area contributed by atoms with Crippen LogP contribution in [0.15, 0.2) is 0 Å². The summed E-state index contributed by atoms with van der Waals surface area (Å²) in [5.41, 5.74) is -1.76. The molecule has 0 aromatic carbocycles. The predicted octanol–water partition coefficient (Wildman–Crippen LogP) is 0.641. The van der Waals surface area contributed by atoms with Gasteiger partial charge in [0.15, 0.2) is 0 Å². The maximum absolute atomic E-state index is 13.8. The standard InChI is InChI=1S/C9H14FNO2/c1-13-7(12)8-2-3-9(10,4-8)6-11-5-8/h11H,2-6H2,1H3. The molecule has 1 aliphatic heterocycles. The number of carbonyl (C=O) groups excluding carboxylic acids is 1. The van der Waals surface area contributed by atoms with Crippen LogP contribution in [0, 0.1) is 5.41 Å². The molecule has 2 bridgehead atoms. The Labute approximate surface area is 76.6 Å². The Bertz CT molecular complexity index is 246. The second-order valence-electron chi connectivity index (χ2n) is 4.20. The molecular formula is C9H14FNO2. The van der Waals surface area contributed by atoms with Gasteiger partial charge in [0.1, 0.15) is 5.67 Å². The first-order chi connectivity index (χ1) is 6.10. The molecule has 0 radical (unpaired) electrons. The zero-order valence-electron chi connectivity index (χ0n) is 7.73. The maximum Gasteiger partial charge on any atom is 0.313 e. The fourth-order valence-electron chi connectivity index (χ4n) is 2.54. The highest BCUT2D eigenvalue weighted by atomic mass is 19.1. The molecule has 1 saturated heterocycles. The number of hydrogen-bond donors (Lipinski definition) is 1. The van der Waals surface area contributed by atoms with Crippen LogP contribution in [0.2, 0.25) is 0 Å². The molecule has 13 heavy (non-hydrogen) atoms. The van der Waals surface area contributed by atoms with E-state index in [9.17, 15) is 9.18 Å². The quantitative estimate of drug-likeness (QED) is 0.612. The molecule has 74 valence electrons. The normalized spacial score (nSPS) is 43.2. The molecule has 1 heterocycles. The van der Waals surface area contributed by atoms with Crippen LogP contribution in [-0.2, 0) is 9.53 Å². The Kier molecular flexibility index (Phi) is 1.84. The third kappa shape index (κ3) is 1.24. The van der Waals surface area contributed by atoms with Crippen LogP contribution in [0.5, 0.6) is 0 Å². The van der Waals surface area contributed by atoms with Crippen molar-refractivity contribution in [3.8, 4) is 0 Å². The zero-order valence-corrected chi connectivity index (χ0v) is 7.73. The van der Waals surface area contributed by atoms with E-state index < -0.39 is 11.1 Å². The van der Waals surface area contributed by atoms with Crippen molar-refractivity contribution < 1.29 is 13.9 Å². The predicted molar refractivity (Wildman–Crippen MR) is 45.0 cm³/mol. The highest BCUT2D eigenvalue weighted by Gasteiger charge is 2.56. The average molecular weight is 187 g/mol. The second kappa shape index (κ2) is 2.67. The topological polar surface area (TPSA) is 38.3 Å². The summed E-state index contributed by atoms with van der Waals surface area (Å²) in [6.07, 6.45) is 1.43. The first-order valence-corrected chi connectivity index (χ1v) is 4.58. The molecule has 1 N–H and O–H groups in total. The van der Waals surface area contributed by atoms with Gasteiger partial charge in [-0.3, -0.25) is 4.79 Å². The third-order valence-corrected chi connectivity index (χ3v) is 3.23. The molecule has 0 amide bonds. The van der Waals surface area contributed by atoms with Crippen LogP contribution in [-0.4, -0.2) is 31.8 Å². The molecule has 1 aliphatic carbocycles. The molecule has 3 nitrogen and oxygen atoms in total. The maximum atomic E-state index is 13.8. The molecule has 0 aromatic heterocycles. The number of ether oxygens (including phenoxy) is 1. The Morgan fingerprint density at radius 3 is 2.92 bits per heavy atom. The molecule has 2 rings (SSSR count). The number of methoxy groups -OCH3 is 1. The largest absolute Gasteiger partial charge is 0.469 e. The lowest BCUT2D eigenvalue weighted by Crippen LogP contribution is -2.49. The van der Waals surface area contributed by atoms with Crippen LogP contribution >= 0.6 is 0 Å². The van der Waals surface area contributed by atoms with Crippen LogP contribution in [0.25, 0.3) is 0 Å². The van der Waals surface area contributed by atoms with E-state index in [1.807, 2.05) is 0 Å². The summed E-state index contributed by atoms with van der Waals surface area (Å²) in [6, 6.07) is 0. The van der Waals surface area contributed by atoms with Crippen molar-refractivity contribution in [1.29, 1.82) is 0 Å². The van der Waals surface area contributed by atoms with Gasteiger partial charge in [-0.15, -0.1) is 0 Å². The number of esters is 1. The molecule has 1 saturated carbocycles. The number of nitrogens with one attached hydrogen (secondary N) is 1. The second-order valence-corrected chi connectivity index (χ2v) is 4.20. The van der Waals surface area contributed by atoms with Gasteiger partial charge in [-0.2, -0.15) is 0 Å². The first-order valence-electron chi connectivity index (χ1n) is 4.58. The number of piperidine rings is 1. The summed E-state index contributed by atoms with van der Waals surface area (Å²) in [4.78, 5) is 11.5. The Balaban J connectivity index is 2.21. The van der Waals surface area contributed by atoms with Crippen molar-refractivity contribution >= 4 is 5.97 Å². The first kappa shape index (κ1) is 8.94. The van der Waals surface area contributed by atoms with Crippen LogP contribution in [0.3, 0.4) is 0 Å². The van der Waals surface area contributed by atoms with Gasteiger partial charge in [0.25, 0.3) is 0 Å². The van der Waals surface area contributed by atoms with E-state index in [1.165, 1.54) is 7.11 Å². The van der Waals surface area contributed by atoms with Gasteiger partial charge in [0.05, 0.1) is 12.5 Å². The fourth-order valence-corrected chi connectivity index (χ4v) is 2.54. The van der Waals surface area contributed by atoms with Crippen molar-refractivity contribution in [3.05, 3.63) is 0 Å². The third-order valence-electron chi connectivity index (χ3n) is 3.23. The summed E-state index contributed by atoms with van der Waals surface area (Å²) in [7, 11) is 1.37. The van der Waals surface area contributed by atoms with Crippen molar-refractivity contribution in [2.75, 3.05) is 20.2 Å². The van der Waals surface area contributed by atoms with Crippen molar-refractivity contribution in [2.24, 2.45) is 5.41 Å². The zero-order chi connectivity index (χ0) is 9.53. The Morgan fingerprint density at radius 2 is 2.23 bits per heavy atom. The molecule has 2 fully saturated rings. The SMILES string of the molecule is COC(=O)C12CCC(F)(CNC1)C2. The van der Waals surface area contributed by atoms with Crippen LogP contribution in [0.4, 0.5) is 4.39 Å². The number of rotatable bonds is 1. The molecule has 0 aromatic rings. The molecule has 0 spiro atoms. The summed E-state index contributed by atoms with van der Waals surface area (Å²) in [5, 5.41) is 2.97. The molecule has 2 unspecified atom stereocenters. The molecular weight excluding hydrogens is 173 g/mol. The van der Waals surface area contributed by atoms with E-state index in [0.717, 1.165) is 0 Å². The van der Waals surface area contributed by atoms with Gasteiger partial charge in [0, 0.05) is 13.1 Å². The minimum Gasteiger partial charge on any atom is -0.469 e. The number of fused-ring (bicyclic) bond motifs is 2. The van der Waals surface area contributed by atoms with Gasteiger partial charge >= 0.3 is 5.97 Å². The number of alkyl halides is 1. The lowest BCUT2D eigenvalue weighted by atomic mass is 9.82. The molecule has 2 aliphatic rings. The van der Waals surface area contributed by atoms with Crippen LogP contribution < -0.4 is 5.32 Å². The minimum atomic E-state index is -1.17. The average Bonchev–Trinajstić information content (AvgIpc) is 2.37. The van der Waals surface area contributed by atoms with E-state index in [-0.39, 0.29) is 5.97 Å². The van der Waals surface area contributed by atoms with Gasteiger partial charge in [-0.25, -0.2) is 4.39 Å². The molecule has 2 atom stereocenters. The van der Waals surface area contributed by atoms with Crippen LogP contribution in [0.1, 0.15) is 19.3 Å². The Morgan fingerprint density at radius 1 is 1.46 bits per heavy atom.